The second-order valence-electron chi connectivity index (χ2n) is 3.66. The van der Waals surface area contributed by atoms with Crippen LogP contribution in [-0.2, 0) is 9.05 Å². The first-order valence-corrected chi connectivity index (χ1v) is 8.01. The van der Waals surface area contributed by atoms with Crippen LogP contribution in [0.25, 0.3) is 0 Å². The van der Waals surface area contributed by atoms with Crippen molar-refractivity contribution in [3.8, 4) is 0 Å². The number of alkyl halides is 2. The molecule has 0 bridgehead atoms. The average Bonchev–Trinajstić information content (AvgIpc) is 2.26. The molecule has 0 unspecified atom stereocenters. The summed E-state index contributed by atoms with van der Waals surface area (Å²) < 4.78 is 47.1. The first-order chi connectivity index (χ1) is 8.62. The molecule has 1 rings (SSSR count). The van der Waals surface area contributed by atoms with Crippen LogP contribution in [0.2, 0.25) is 0 Å². The number of carbonyl (C=O) groups excluding carboxylic acids is 1. The van der Waals surface area contributed by atoms with Gasteiger partial charge in [-0.1, -0.05) is 0 Å². The molecule has 1 aromatic carbocycles. The topological polar surface area (TPSA) is 54.5 Å². The van der Waals surface area contributed by atoms with Crippen molar-refractivity contribution in [1.29, 1.82) is 0 Å². The maximum atomic E-state index is 12.2. The smallest absolute Gasteiger partial charge is 0.261 e. The zero-order chi connectivity index (χ0) is 14.8. The van der Waals surface area contributed by atoms with Crippen LogP contribution < -0.4 is 0 Å². The van der Waals surface area contributed by atoms with Crippen molar-refractivity contribution in [2.24, 2.45) is 0 Å². The summed E-state index contributed by atoms with van der Waals surface area (Å²) in [7, 11) is 2.37. The average molecular weight is 377 g/mol. The predicted octanol–water partition coefficient (Wildman–Crippen LogP) is 2.71. The summed E-state index contributed by atoms with van der Waals surface area (Å²) in [6, 6.07) is 3.56. The molecule has 106 valence electrons. The second kappa shape index (κ2) is 6.15. The van der Waals surface area contributed by atoms with Crippen molar-refractivity contribution in [3.63, 3.8) is 0 Å². The van der Waals surface area contributed by atoms with Crippen LogP contribution in [0.5, 0.6) is 0 Å². The third kappa shape index (κ3) is 4.39. The normalized spacial score (nSPS) is 11.7. The molecule has 1 aromatic rings. The Hall–Kier alpha value is -0.730. The van der Waals surface area contributed by atoms with Crippen LogP contribution in [0.4, 0.5) is 8.78 Å². The van der Waals surface area contributed by atoms with Gasteiger partial charge < -0.3 is 4.90 Å². The van der Waals surface area contributed by atoms with E-state index < -0.39 is 27.9 Å². The van der Waals surface area contributed by atoms with Crippen LogP contribution in [0.15, 0.2) is 27.6 Å². The third-order valence-corrected chi connectivity index (χ3v) is 4.25. The molecule has 19 heavy (non-hydrogen) atoms. The Balaban J connectivity index is 3.16. The highest BCUT2D eigenvalue weighted by atomic mass is 79.9. The van der Waals surface area contributed by atoms with Crippen LogP contribution in [-0.4, -0.2) is 39.2 Å². The van der Waals surface area contributed by atoms with Gasteiger partial charge in [-0.25, -0.2) is 17.2 Å². The molecule has 0 N–H and O–H groups in total. The number of benzene rings is 1. The summed E-state index contributed by atoms with van der Waals surface area (Å²) in [5, 5.41) is 0. The molecule has 0 heterocycles. The fourth-order valence-electron chi connectivity index (χ4n) is 1.32. The zero-order valence-corrected chi connectivity index (χ0v) is 12.8. The van der Waals surface area contributed by atoms with Gasteiger partial charge in [-0.15, -0.1) is 0 Å². The standard InChI is InChI=1S/C10H9BrClF2NO3S/c1-15(5-9(13)14)10(16)7-4-6(19(12,17)18)2-3-8(7)11/h2-4,9H,5H2,1H3. The number of carbonyl (C=O) groups is 1. The molecule has 0 aliphatic heterocycles. The third-order valence-electron chi connectivity index (χ3n) is 2.21. The number of hydrogen-bond donors (Lipinski definition) is 0. The molecule has 0 spiro atoms. The lowest BCUT2D eigenvalue weighted by molar-refractivity contribution is 0.0619. The van der Waals surface area contributed by atoms with Gasteiger partial charge in [0.2, 0.25) is 0 Å². The van der Waals surface area contributed by atoms with Gasteiger partial charge in [-0.2, -0.15) is 0 Å². The highest BCUT2D eigenvalue weighted by molar-refractivity contribution is 9.10. The van der Waals surface area contributed by atoms with Crippen molar-refractivity contribution < 1.29 is 22.0 Å². The zero-order valence-electron chi connectivity index (χ0n) is 9.61. The fraction of sp³-hybridized carbons (Fsp3) is 0.300. The Morgan fingerprint density at radius 2 is 2.05 bits per heavy atom. The minimum Gasteiger partial charge on any atom is -0.336 e. The van der Waals surface area contributed by atoms with Crippen molar-refractivity contribution in [2.45, 2.75) is 11.3 Å². The van der Waals surface area contributed by atoms with Gasteiger partial charge in [-0.3, -0.25) is 4.79 Å². The molecule has 0 aliphatic rings. The second-order valence-corrected chi connectivity index (χ2v) is 7.08. The molecule has 0 atom stereocenters. The van der Waals surface area contributed by atoms with Crippen LogP contribution >= 0.6 is 26.6 Å². The lowest BCUT2D eigenvalue weighted by atomic mass is 10.2. The molecule has 0 saturated heterocycles. The molecule has 9 heteroatoms. The highest BCUT2D eigenvalue weighted by Gasteiger charge is 2.21. The van der Waals surface area contributed by atoms with E-state index in [9.17, 15) is 22.0 Å². The molecule has 0 radical (unpaired) electrons. The first kappa shape index (κ1) is 16.3. The molecule has 0 aromatic heterocycles. The minimum absolute atomic E-state index is 0.0510. The van der Waals surface area contributed by atoms with Gasteiger partial charge in [0.15, 0.2) is 0 Å². The van der Waals surface area contributed by atoms with E-state index in [1.165, 1.54) is 19.2 Å². The summed E-state index contributed by atoms with van der Waals surface area (Å²) in [4.78, 5) is 12.4. The van der Waals surface area contributed by atoms with Crippen molar-refractivity contribution in [3.05, 3.63) is 28.2 Å². The summed E-state index contributed by atoms with van der Waals surface area (Å²) in [5.41, 5.74) is -0.0510. The lowest BCUT2D eigenvalue weighted by Gasteiger charge is -2.17. The van der Waals surface area contributed by atoms with E-state index in [1.54, 1.807) is 0 Å². The van der Waals surface area contributed by atoms with Gasteiger partial charge in [0.05, 0.1) is 17.0 Å². The van der Waals surface area contributed by atoms with Crippen molar-refractivity contribution in [1.82, 2.24) is 4.90 Å². The van der Waals surface area contributed by atoms with Gasteiger partial charge in [0.25, 0.3) is 21.4 Å². The number of nitrogens with zero attached hydrogens (tertiary/aromatic N) is 1. The molecular weight excluding hydrogens is 368 g/mol. The maximum Gasteiger partial charge on any atom is 0.261 e. The van der Waals surface area contributed by atoms with Crippen molar-refractivity contribution >= 4 is 41.6 Å². The van der Waals surface area contributed by atoms with Crippen LogP contribution in [0.3, 0.4) is 0 Å². The van der Waals surface area contributed by atoms with Gasteiger partial charge in [0.1, 0.15) is 0 Å². The van der Waals surface area contributed by atoms with Crippen LogP contribution in [0, 0.1) is 0 Å². The summed E-state index contributed by atoms with van der Waals surface area (Å²) in [5.74, 6) is -0.727. The first-order valence-electron chi connectivity index (χ1n) is 4.90. The van der Waals surface area contributed by atoms with Gasteiger partial charge in [-0.05, 0) is 34.1 Å². The molecule has 0 saturated carbocycles. The molecular formula is C10H9BrClF2NO3S. The molecule has 0 fully saturated rings. The Morgan fingerprint density at radius 3 is 2.53 bits per heavy atom. The summed E-state index contributed by atoms with van der Waals surface area (Å²) in [6.45, 7) is -0.747. The largest absolute Gasteiger partial charge is 0.336 e. The molecule has 1 amide bonds. The van der Waals surface area contributed by atoms with Gasteiger partial charge >= 0.3 is 0 Å². The number of amides is 1. The SMILES string of the molecule is CN(CC(F)F)C(=O)c1cc(S(=O)(=O)Cl)ccc1Br. The number of rotatable bonds is 4. The van der Waals surface area contributed by atoms with E-state index in [1.807, 2.05) is 0 Å². The molecule has 4 nitrogen and oxygen atoms in total. The summed E-state index contributed by atoms with van der Waals surface area (Å²) in [6.07, 6.45) is -2.67. The summed E-state index contributed by atoms with van der Waals surface area (Å²) >= 11 is 3.06. The maximum absolute atomic E-state index is 12.2. The quantitative estimate of drug-likeness (QED) is 0.759. The minimum atomic E-state index is -3.99. The number of hydrogen-bond acceptors (Lipinski definition) is 3. The highest BCUT2D eigenvalue weighted by Crippen LogP contribution is 2.24. The van der Waals surface area contributed by atoms with E-state index in [-0.39, 0.29) is 10.5 Å². The van der Waals surface area contributed by atoms with Crippen LogP contribution in [0.1, 0.15) is 10.4 Å². The lowest BCUT2D eigenvalue weighted by Crippen LogP contribution is -2.31. The number of halogens is 4. The fourth-order valence-corrected chi connectivity index (χ4v) is 2.51. The monoisotopic (exact) mass is 375 g/mol. The van der Waals surface area contributed by atoms with E-state index in [0.29, 0.717) is 4.47 Å². The van der Waals surface area contributed by atoms with Crippen molar-refractivity contribution in [2.75, 3.05) is 13.6 Å². The van der Waals surface area contributed by atoms with E-state index in [0.717, 1.165) is 11.0 Å². The Labute approximate surface area is 121 Å². The van der Waals surface area contributed by atoms with E-state index in [2.05, 4.69) is 15.9 Å². The Bertz CT molecular complexity index is 594. The Kier molecular flexibility index (Phi) is 5.28. The van der Waals surface area contributed by atoms with E-state index in [4.69, 9.17) is 10.7 Å². The van der Waals surface area contributed by atoms with E-state index >= 15 is 0 Å². The molecule has 0 aliphatic carbocycles. The van der Waals surface area contributed by atoms with Gasteiger partial charge in [0, 0.05) is 22.2 Å². The predicted molar refractivity (Wildman–Crippen MR) is 70.1 cm³/mol. The Morgan fingerprint density at radius 1 is 1.47 bits per heavy atom.